The molecule has 0 radical (unpaired) electrons. The molecule has 2 aliphatic rings. The van der Waals surface area contributed by atoms with E-state index in [2.05, 4.69) is 0 Å². The standard InChI is InChI=1S/C30H30N2O6/c1-4-15-36-23-12-7-20(8-13-23)28(33)26-27(19-5-9-21(10-6-19)31(2)3)32(30(35)29(26)34)22-11-14-24-25(18-22)38-17-16-37-24/h5-14,18,27,33H,4,15-17H2,1-3H3/b28-26+. The van der Waals surface area contributed by atoms with E-state index in [1.54, 1.807) is 42.5 Å². The summed E-state index contributed by atoms with van der Waals surface area (Å²) in [7, 11) is 3.87. The van der Waals surface area contributed by atoms with Crippen LogP contribution < -0.4 is 24.0 Å². The Labute approximate surface area is 221 Å². The number of aliphatic hydroxyl groups is 1. The van der Waals surface area contributed by atoms with Gasteiger partial charge in [0.2, 0.25) is 0 Å². The van der Waals surface area contributed by atoms with Crippen LogP contribution in [0.3, 0.4) is 0 Å². The molecule has 0 aromatic heterocycles. The smallest absolute Gasteiger partial charge is 0.300 e. The molecule has 1 unspecified atom stereocenters. The van der Waals surface area contributed by atoms with Crippen molar-refractivity contribution in [3.8, 4) is 17.2 Å². The van der Waals surface area contributed by atoms with Gasteiger partial charge in [0.15, 0.2) is 11.5 Å². The molecule has 3 aromatic carbocycles. The van der Waals surface area contributed by atoms with E-state index in [1.165, 1.54) is 4.90 Å². The third-order valence-electron chi connectivity index (χ3n) is 6.57. The lowest BCUT2D eigenvalue weighted by molar-refractivity contribution is -0.132. The van der Waals surface area contributed by atoms with E-state index in [9.17, 15) is 14.7 Å². The average Bonchev–Trinajstić information content (AvgIpc) is 3.21. The maximum absolute atomic E-state index is 13.5. The van der Waals surface area contributed by atoms with Crippen LogP contribution in [0, 0.1) is 0 Å². The molecule has 8 nitrogen and oxygen atoms in total. The van der Waals surface area contributed by atoms with E-state index in [-0.39, 0.29) is 11.3 Å². The number of nitrogens with zero attached hydrogens (tertiary/aromatic N) is 2. The molecule has 1 N–H and O–H groups in total. The Bertz CT molecular complexity index is 1380. The van der Waals surface area contributed by atoms with Crippen molar-refractivity contribution in [1.82, 2.24) is 0 Å². The largest absolute Gasteiger partial charge is 0.507 e. The number of fused-ring (bicyclic) bond motifs is 1. The van der Waals surface area contributed by atoms with Crippen molar-refractivity contribution in [2.75, 3.05) is 43.7 Å². The summed E-state index contributed by atoms with van der Waals surface area (Å²) in [6, 6.07) is 18.7. The van der Waals surface area contributed by atoms with Gasteiger partial charge in [0.1, 0.15) is 24.7 Å². The van der Waals surface area contributed by atoms with Crippen LogP contribution in [0.1, 0.15) is 30.5 Å². The fourth-order valence-electron chi connectivity index (χ4n) is 4.64. The van der Waals surface area contributed by atoms with Crippen molar-refractivity contribution in [3.63, 3.8) is 0 Å². The van der Waals surface area contributed by atoms with Gasteiger partial charge in [-0.2, -0.15) is 0 Å². The highest BCUT2D eigenvalue weighted by atomic mass is 16.6. The van der Waals surface area contributed by atoms with Crippen LogP contribution in [0.4, 0.5) is 11.4 Å². The molecule has 0 saturated carbocycles. The van der Waals surface area contributed by atoms with Gasteiger partial charge < -0.3 is 24.2 Å². The van der Waals surface area contributed by atoms with Crippen molar-refractivity contribution in [3.05, 3.63) is 83.4 Å². The summed E-state index contributed by atoms with van der Waals surface area (Å²) >= 11 is 0. The molecule has 196 valence electrons. The van der Waals surface area contributed by atoms with E-state index >= 15 is 0 Å². The molecule has 2 heterocycles. The van der Waals surface area contributed by atoms with Crippen LogP contribution >= 0.6 is 0 Å². The number of rotatable bonds is 7. The van der Waals surface area contributed by atoms with E-state index in [1.807, 2.05) is 50.2 Å². The molecule has 1 saturated heterocycles. The van der Waals surface area contributed by atoms with Crippen LogP contribution in [0.5, 0.6) is 17.2 Å². The van der Waals surface area contributed by atoms with Gasteiger partial charge in [-0.3, -0.25) is 14.5 Å². The summed E-state index contributed by atoms with van der Waals surface area (Å²) in [5.74, 6) is 0.00940. The molecular weight excluding hydrogens is 484 g/mol. The third kappa shape index (κ3) is 4.65. The highest BCUT2D eigenvalue weighted by Crippen LogP contribution is 2.44. The molecule has 38 heavy (non-hydrogen) atoms. The van der Waals surface area contributed by atoms with Crippen LogP contribution in [-0.2, 0) is 9.59 Å². The number of carbonyl (C=O) groups is 2. The van der Waals surface area contributed by atoms with Gasteiger partial charge in [-0.25, -0.2) is 0 Å². The molecule has 0 spiro atoms. The summed E-state index contributed by atoms with van der Waals surface area (Å²) in [6.07, 6.45) is 0.873. The first-order chi connectivity index (χ1) is 18.4. The predicted octanol–water partition coefficient (Wildman–Crippen LogP) is 4.94. The molecule has 0 aliphatic carbocycles. The first kappa shape index (κ1) is 25.2. The molecular formula is C30H30N2O6. The highest BCUT2D eigenvalue weighted by Gasteiger charge is 2.47. The van der Waals surface area contributed by atoms with E-state index in [0.717, 1.165) is 12.1 Å². The highest BCUT2D eigenvalue weighted by molar-refractivity contribution is 6.51. The number of hydrogen-bond acceptors (Lipinski definition) is 7. The minimum atomic E-state index is -0.843. The molecule has 5 rings (SSSR count). The number of carbonyl (C=O) groups excluding carboxylic acids is 2. The van der Waals surface area contributed by atoms with Gasteiger partial charge in [-0.05, 0) is 60.5 Å². The normalized spacial score (nSPS) is 18.0. The Morgan fingerprint density at radius 2 is 1.66 bits per heavy atom. The second-order valence-corrected chi connectivity index (χ2v) is 9.36. The topological polar surface area (TPSA) is 88.5 Å². The molecule has 1 amide bonds. The second-order valence-electron chi connectivity index (χ2n) is 9.36. The predicted molar refractivity (Wildman–Crippen MR) is 145 cm³/mol. The molecule has 8 heteroatoms. The lowest BCUT2D eigenvalue weighted by Gasteiger charge is -2.27. The van der Waals surface area contributed by atoms with Crippen LogP contribution in [0.25, 0.3) is 5.76 Å². The number of hydrogen-bond donors (Lipinski definition) is 1. The monoisotopic (exact) mass is 514 g/mol. The maximum atomic E-state index is 13.5. The SMILES string of the molecule is CCCOc1ccc(/C(O)=C2\C(=O)C(=O)N(c3ccc4c(c3)OCCO4)C2c2ccc(N(C)C)cc2)cc1. The molecule has 0 bridgehead atoms. The average molecular weight is 515 g/mol. The summed E-state index contributed by atoms with van der Waals surface area (Å²) in [5.41, 5.74) is 2.57. The quantitative estimate of drug-likeness (QED) is 0.271. The third-order valence-corrected chi connectivity index (χ3v) is 6.57. The number of ketones is 1. The number of anilines is 2. The van der Waals surface area contributed by atoms with Crippen molar-refractivity contribution in [2.45, 2.75) is 19.4 Å². The zero-order valence-corrected chi connectivity index (χ0v) is 21.6. The van der Waals surface area contributed by atoms with Gasteiger partial charge in [0.05, 0.1) is 18.2 Å². The number of amides is 1. The number of benzene rings is 3. The Morgan fingerprint density at radius 3 is 2.32 bits per heavy atom. The number of Topliss-reactive ketones (excluding diaryl/α,β-unsaturated/α-hetero) is 1. The van der Waals surface area contributed by atoms with E-state index < -0.39 is 17.7 Å². The summed E-state index contributed by atoms with van der Waals surface area (Å²) < 4.78 is 17.0. The van der Waals surface area contributed by atoms with Crippen LogP contribution in [0.15, 0.2) is 72.3 Å². The lowest BCUT2D eigenvalue weighted by atomic mass is 9.95. The van der Waals surface area contributed by atoms with Gasteiger partial charge >= 0.3 is 0 Å². The molecule has 1 fully saturated rings. The Morgan fingerprint density at radius 1 is 0.974 bits per heavy atom. The van der Waals surface area contributed by atoms with Crippen LogP contribution in [0.2, 0.25) is 0 Å². The van der Waals surface area contributed by atoms with E-state index in [4.69, 9.17) is 14.2 Å². The molecule has 3 aromatic rings. The Balaban J connectivity index is 1.62. The molecule has 2 aliphatic heterocycles. The first-order valence-corrected chi connectivity index (χ1v) is 12.6. The maximum Gasteiger partial charge on any atom is 0.300 e. The zero-order valence-electron chi connectivity index (χ0n) is 21.6. The summed E-state index contributed by atoms with van der Waals surface area (Å²) in [5, 5.41) is 11.4. The van der Waals surface area contributed by atoms with Gasteiger partial charge in [0.25, 0.3) is 11.7 Å². The minimum Gasteiger partial charge on any atom is -0.507 e. The van der Waals surface area contributed by atoms with Crippen molar-refractivity contribution in [2.24, 2.45) is 0 Å². The minimum absolute atomic E-state index is 0.0183. The van der Waals surface area contributed by atoms with Crippen LogP contribution in [-0.4, -0.2) is 50.7 Å². The van der Waals surface area contributed by atoms with Crippen molar-refractivity contribution < 1.29 is 28.9 Å². The van der Waals surface area contributed by atoms with E-state index in [0.29, 0.717) is 53.9 Å². The lowest BCUT2D eigenvalue weighted by Crippen LogP contribution is -2.29. The molecule has 1 atom stereocenters. The first-order valence-electron chi connectivity index (χ1n) is 12.6. The fraction of sp³-hybridized carbons (Fsp3) is 0.267. The van der Waals surface area contributed by atoms with Gasteiger partial charge in [-0.15, -0.1) is 0 Å². The summed E-state index contributed by atoms with van der Waals surface area (Å²) in [6.45, 7) is 3.43. The second kappa shape index (κ2) is 10.5. The zero-order chi connectivity index (χ0) is 26.8. The van der Waals surface area contributed by atoms with Crippen molar-refractivity contribution >= 4 is 28.8 Å². The van der Waals surface area contributed by atoms with Gasteiger partial charge in [0, 0.05) is 37.1 Å². The van der Waals surface area contributed by atoms with Gasteiger partial charge in [-0.1, -0.05) is 19.1 Å². The fourth-order valence-corrected chi connectivity index (χ4v) is 4.64. The van der Waals surface area contributed by atoms with Crippen molar-refractivity contribution in [1.29, 1.82) is 0 Å². The Hall–Kier alpha value is -4.46. The summed E-state index contributed by atoms with van der Waals surface area (Å²) in [4.78, 5) is 30.3. The Kier molecular flexibility index (Phi) is 6.96. The number of ether oxygens (including phenoxy) is 3. The number of aliphatic hydroxyl groups excluding tert-OH is 1.